The standard InChI is InChI=1S/C23H20FN3O7/c24-13-7-5-12(6-8-13)18(29)14-3-1-2-4-15(14)21(32)25-11-16-19(30)20(31)22(34-16)27-10-9-17(28)26-23(27)33/h1-10,16,19-20,22,30-31H,11H2,(H,25,32)(H,26,28,33)/t16-,19-,20-,22-/m1/s1. The maximum absolute atomic E-state index is 13.2. The van der Waals surface area contributed by atoms with Gasteiger partial charge in [0, 0.05) is 29.9 Å². The molecule has 2 heterocycles. The smallest absolute Gasteiger partial charge is 0.330 e. The van der Waals surface area contributed by atoms with Crippen LogP contribution in [0.5, 0.6) is 0 Å². The van der Waals surface area contributed by atoms with Gasteiger partial charge >= 0.3 is 5.69 Å². The summed E-state index contributed by atoms with van der Waals surface area (Å²) in [5.41, 5.74) is -1.11. The number of aromatic amines is 1. The normalized spacial score (nSPS) is 21.9. The van der Waals surface area contributed by atoms with Crippen LogP contribution >= 0.6 is 0 Å². The fourth-order valence-corrected chi connectivity index (χ4v) is 3.68. The Bertz CT molecular complexity index is 1340. The van der Waals surface area contributed by atoms with E-state index in [0.29, 0.717) is 0 Å². The first-order valence-corrected chi connectivity index (χ1v) is 10.3. The van der Waals surface area contributed by atoms with Crippen LogP contribution in [0.2, 0.25) is 0 Å². The molecule has 11 heteroatoms. The van der Waals surface area contributed by atoms with E-state index < -0.39 is 53.3 Å². The van der Waals surface area contributed by atoms with Gasteiger partial charge in [-0.3, -0.25) is 23.9 Å². The zero-order valence-electron chi connectivity index (χ0n) is 17.6. The average molecular weight is 469 g/mol. The molecule has 10 nitrogen and oxygen atoms in total. The molecule has 4 N–H and O–H groups in total. The van der Waals surface area contributed by atoms with Crippen molar-refractivity contribution in [2.45, 2.75) is 24.5 Å². The molecule has 34 heavy (non-hydrogen) atoms. The predicted octanol–water partition coefficient (Wildman–Crippen LogP) is -0.0441. The lowest BCUT2D eigenvalue weighted by molar-refractivity contribution is -0.0387. The number of rotatable bonds is 6. The van der Waals surface area contributed by atoms with Gasteiger partial charge in [0.15, 0.2) is 12.0 Å². The van der Waals surface area contributed by atoms with Gasteiger partial charge in [-0.05, 0) is 30.3 Å². The molecule has 0 aliphatic carbocycles. The molecule has 1 amide bonds. The highest BCUT2D eigenvalue weighted by Crippen LogP contribution is 2.28. The molecule has 0 unspecified atom stereocenters. The number of aliphatic hydroxyl groups excluding tert-OH is 2. The Morgan fingerprint density at radius 1 is 1.00 bits per heavy atom. The van der Waals surface area contributed by atoms with Gasteiger partial charge in [0.1, 0.15) is 24.1 Å². The van der Waals surface area contributed by atoms with Crippen LogP contribution < -0.4 is 16.6 Å². The predicted molar refractivity (Wildman–Crippen MR) is 116 cm³/mol. The van der Waals surface area contributed by atoms with E-state index >= 15 is 0 Å². The fraction of sp³-hybridized carbons (Fsp3) is 0.217. The highest BCUT2D eigenvalue weighted by molar-refractivity contribution is 6.15. The lowest BCUT2D eigenvalue weighted by atomic mass is 9.98. The maximum atomic E-state index is 13.2. The molecule has 0 radical (unpaired) electrons. The number of nitrogens with one attached hydrogen (secondary N) is 2. The van der Waals surface area contributed by atoms with Gasteiger partial charge < -0.3 is 20.3 Å². The Labute approximate surface area is 191 Å². The van der Waals surface area contributed by atoms with E-state index in [-0.39, 0.29) is 23.2 Å². The number of amides is 1. The minimum Gasteiger partial charge on any atom is -0.387 e. The van der Waals surface area contributed by atoms with Crippen molar-refractivity contribution in [3.63, 3.8) is 0 Å². The number of hydrogen-bond acceptors (Lipinski definition) is 7. The molecule has 2 aromatic carbocycles. The highest BCUT2D eigenvalue weighted by Gasteiger charge is 2.44. The maximum Gasteiger partial charge on any atom is 0.330 e. The average Bonchev–Trinajstić information content (AvgIpc) is 3.11. The molecule has 0 spiro atoms. The third-order valence-electron chi connectivity index (χ3n) is 5.45. The Hall–Kier alpha value is -3.93. The van der Waals surface area contributed by atoms with Crippen LogP contribution in [0.4, 0.5) is 4.39 Å². The Kier molecular flexibility index (Phi) is 6.50. The molecule has 4 rings (SSSR count). The number of benzene rings is 2. The third kappa shape index (κ3) is 4.57. The summed E-state index contributed by atoms with van der Waals surface area (Å²) in [6.07, 6.45) is -4.19. The first-order valence-electron chi connectivity index (χ1n) is 10.3. The molecule has 1 aromatic heterocycles. The second-order valence-electron chi connectivity index (χ2n) is 7.66. The Morgan fingerprint density at radius 2 is 1.68 bits per heavy atom. The van der Waals surface area contributed by atoms with E-state index in [1.54, 1.807) is 12.1 Å². The van der Waals surface area contributed by atoms with Crippen molar-refractivity contribution in [1.82, 2.24) is 14.9 Å². The first-order chi connectivity index (χ1) is 16.3. The monoisotopic (exact) mass is 469 g/mol. The van der Waals surface area contributed by atoms with Crippen molar-refractivity contribution in [1.29, 1.82) is 0 Å². The van der Waals surface area contributed by atoms with E-state index in [4.69, 9.17) is 4.74 Å². The summed E-state index contributed by atoms with van der Waals surface area (Å²) in [6, 6.07) is 12.0. The molecule has 0 bridgehead atoms. The van der Waals surface area contributed by atoms with Crippen molar-refractivity contribution < 1.29 is 28.9 Å². The number of carbonyl (C=O) groups excluding carboxylic acids is 2. The summed E-state index contributed by atoms with van der Waals surface area (Å²) in [7, 11) is 0. The molecule has 1 aliphatic heterocycles. The molecule has 4 atom stereocenters. The number of H-pyrrole nitrogens is 1. The van der Waals surface area contributed by atoms with Crippen LogP contribution in [0.3, 0.4) is 0 Å². The number of hydrogen-bond donors (Lipinski definition) is 4. The molecule has 1 aliphatic rings. The lowest BCUT2D eigenvalue weighted by Gasteiger charge is -2.17. The quantitative estimate of drug-likeness (QED) is 0.370. The second kappa shape index (κ2) is 9.51. The zero-order valence-corrected chi connectivity index (χ0v) is 17.6. The van der Waals surface area contributed by atoms with E-state index in [1.807, 2.05) is 4.98 Å². The van der Waals surface area contributed by atoms with Crippen LogP contribution in [0, 0.1) is 5.82 Å². The van der Waals surface area contributed by atoms with Crippen molar-refractivity contribution in [2.75, 3.05) is 6.54 Å². The van der Waals surface area contributed by atoms with Crippen molar-refractivity contribution in [3.05, 3.63) is 104 Å². The summed E-state index contributed by atoms with van der Waals surface area (Å²) >= 11 is 0. The Morgan fingerprint density at radius 3 is 2.35 bits per heavy atom. The van der Waals surface area contributed by atoms with Gasteiger partial charge in [-0.2, -0.15) is 0 Å². The highest BCUT2D eigenvalue weighted by atomic mass is 19.1. The number of carbonyl (C=O) groups is 2. The van der Waals surface area contributed by atoms with E-state index in [9.17, 15) is 33.8 Å². The molecule has 0 saturated carbocycles. The summed E-state index contributed by atoms with van der Waals surface area (Å²) in [4.78, 5) is 50.9. The minimum atomic E-state index is -1.50. The number of halogens is 1. The summed E-state index contributed by atoms with van der Waals surface area (Å²) in [6.45, 7) is -0.245. The van der Waals surface area contributed by atoms with Gasteiger partial charge in [-0.1, -0.05) is 18.2 Å². The van der Waals surface area contributed by atoms with Crippen molar-refractivity contribution >= 4 is 11.7 Å². The van der Waals surface area contributed by atoms with Crippen molar-refractivity contribution in [2.24, 2.45) is 0 Å². The molecular weight excluding hydrogens is 449 g/mol. The van der Waals surface area contributed by atoms with Gasteiger partial charge in [0.2, 0.25) is 0 Å². The molecular formula is C23H20FN3O7. The van der Waals surface area contributed by atoms with Gasteiger partial charge in [-0.15, -0.1) is 0 Å². The number of ketones is 1. The summed E-state index contributed by atoms with van der Waals surface area (Å²) in [5.74, 6) is -1.61. The first kappa shape index (κ1) is 23.2. The van der Waals surface area contributed by atoms with Crippen LogP contribution in [0.1, 0.15) is 32.5 Å². The number of aromatic nitrogens is 2. The zero-order chi connectivity index (χ0) is 24.4. The minimum absolute atomic E-state index is 0.0539. The topological polar surface area (TPSA) is 151 Å². The fourth-order valence-electron chi connectivity index (χ4n) is 3.68. The number of ether oxygens (including phenoxy) is 1. The van der Waals surface area contributed by atoms with Gasteiger partial charge in [0.25, 0.3) is 11.5 Å². The number of aliphatic hydroxyl groups is 2. The summed E-state index contributed by atoms with van der Waals surface area (Å²) < 4.78 is 19.7. The van der Waals surface area contributed by atoms with Crippen molar-refractivity contribution in [3.8, 4) is 0 Å². The van der Waals surface area contributed by atoms with E-state index in [1.165, 1.54) is 24.3 Å². The SMILES string of the molecule is O=C(NC[C@H]1O[C@@H](n2ccc(=O)[nH]c2=O)[C@H](O)[C@@H]1O)c1ccccc1C(=O)c1ccc(F)cc1. The van der Waals surface area contributed by atoms with Crippen LogP contribution in [0.25, 0.3) is 0 Å². The number of nitrogens with zero attached hydrogens (tertiary/aromatic N) is 1. The lowest BCUT2D eigenvalue weighted by Crippen LogP contribution is -2.40. The van der Waals surface area contributed by atoms with E-state index in [0.717, 1.165) is 29.0 Å². The van der Waals surface area contributed by atoms with Crippen LogP contribution in [0.15, 0.2) is 70.4 Å². The molecule has 3 aromatic rings. The largest absolute Gasteiger partial charge is 0.387 e. The molecule has 1 fully saturated rings. The molecule has 1 saturated heterocycles. The second-order valence-corrected chi connectivity index (χ2v) is 7.66. The van der Waals surface area contributed by atoms with Crippen LogP contribution in [-0.2, 0) is 4.74 Å². The van der Waals surface area contributed by atoms with Gasteiger partial charge in [-0.25, -0.2) is 9.18 Å². The third-order valence-corrected chi connectivity index (χ3v) is 5.45. The van der Waals surface area contributed by atoms with Gasteiger partial charge in [0.05, 0.1) is 5.56 Å². The summed E-state index contributed by atoms with van der Waals surface area (Å²) in [5, 5.41) is 23.2. The molecule has 176 valence electrons. The van der Waals surface area contributed by atoms with E-state index in [2.05, 4.69) is 5.32 Å². The van der Waals surface area contributed by atoms with Crippen LogP contribution in [-0.4, -0.2) is 56.3 Å². The Balaban J connectivity index is 1.48.